The second kappa shape index (κ2) is 8.67. The summed E-state index contributed by atoms with van der Waals surface area (Å²) < 4.78 is 6.72. The van der Waals surface area contributed by atoms with Gasteiger partial charge in [0.25, 0.3) is 5.91 Å². The SMILES string of the molecule is COc1ccc(-n2cc(O)c(C(=O)N3CC4CCN(Cc5ccccc5)CC4C3)n2)cc1. The normalized spacial score (nSPS) is 20.8. The molecule has 3 aromatic rings. The van der Waals surface area contributed by atoms with Crippen LogP contribution in [0.1, 0.15) is 22.5 Å². The van der Waals surface area contributed by atoms with Gasteiger partial charge >= 0.3 is 0 Å². The minimum atomic E-state index is -0.196. The number of benzene rings is 2. The van der Waals surface area contributed by atoms with Crippen LogP contribution < -0.4 is 4.74 Å². The first kappa shape index (κ1) is 20.6. The summed E-state index contributed by atoms with van der Waals surface area (Å²) in [5.41, 5.74) is 2.19. The molecule has 1 N–H and O–H groups in total. The van der Waals surface area contributed by atoms with E-state index in [9.17, 15) is 9.90 Å². The third-order valence-corrected chi connectivity index (χ3v) is 6.66. The zero-order chi connectivity index (χ0) is 22.1. The number of ether oxygens (including phenoxy) is 1. The highest BCUT2D eigenvalue weighted by atomic mass is 16.5. The van der Waals surface area contributed by atoms with Crippen molar-refractivity contribution >= 4 is 5.91 Å². The lowest BCUT2D eigenvalue weighted by molar-refractivity contribution is 0.0774. The number of likely N-dealkylation sites (tertiary alicyclic amines) is 2. The zero-order valence-corrected chi connectivity index (χ0v) is 18.2. The first-order valence-corrected chi connectivity index (χ1v) is 11.1. The number of methoxy groups -OCH3 is 1. The van der Waals surface area contributed by atoms with Gasteiger partial charge in [0.15, 0.2) is 11.4 Å². The Hall–Kier alpha value is -3.32. The molecule has 7 nitrogen and oxygen atoms in total. The zero-order valence-electron chi connectivity index (χ0n) is 18.2. The van der Waals surface area contributed by atoms with E-state index in [2.05, 4.69) is 34.3 Å². The molecular formula is C25H28N4O3. The van der Waals surface area contributed by atoms with Gasteiger partial charge in [-0.3, -0.25) is 9.69 Å². The maximum absolute atomic E-state index is 13.2. The Kier molecular flexibility index (Phi) is 5.57. The molecule has 3 heterocycles. The largest absolute Gasteiger partial charge is 0.504 e. The van der Waals surface area contributed by atoms with Gasteiger partial charge in [0, 0.05) is 26.2 Å². The van der Waals surface area contributed by atoms with E-state index in [0.29, 0.717) is 18.4 Å². The number of carbonyl (C=O) groups is 1. The van der Waals surface area contributed by atoms with Crippen LogP contribution in [0.3, 0.4) is 0 Å². The Labute approximate surface area is 187 Å². The first-order chi connectivity index (χ1) is 15.6. The van der Waals surface area contributed by atoms with Crippen molar-refractivity contribution in [3.8, 4) is 17.2 Å². The van der Waals surface area contributed by atoms with E-state index < -0.39 is 0 Å². The number of rotatable bonds is 5. The molecule has 0 bridgehead atoms. The Morgan fingerprint density at radius 2 is 1.81 bits per heavy atom. The number of aromatic hydroxyl groups is 1. The molecule has 0 radical (unpaired) electrons. The number of carbonyl (C=O) groups excluding carboxylic acids is 1. The minimum absolute atomic E-state index is 0.0913. The summed E-state index contributed by atoms with van der Waals surface area (Å²) in [6.07, 6.45) is 2.58. The molecule has 166 valence electrons. The first-order valence-electron chi connectivity index (χ1n) is 11.1. The van der Waals surface area contributed by atoms with Crippen molar-refractivity contribution in [3.05, 3.63) is 72.1 Å². The summed E-state index contributed by atoms with van der Waals surface area (Å²) in [5, 5.41) is 14.8. The maximum atomic E-state index is 13.2. The second-order valence-electron chi connectivity index (χ2n) is 8.75. The quantitative estimate of drug-likeness (QED) is 0.671. The van der Waals surface area contributed by atoms with Crippen molar-refractivity contribution in [2.75, 3.05) is 33.3 Å². The monoisotopic (exact) mass is 432 g/mol. The van der Waals surface area contributed by atoms with E-state index in [0.717, 1.165) is 44.0 Å². The molecule has 1 aromatic heterocycles. The van der Waals surface area contributed by atoms with Gasteiger partial charge in [0.05, 0.1) is 19.0 Å². The molecule has 0 aliphatic carbocycles. The second-order valence-corrected chi connectivity index (χ2v) is 8.75. The van der Waals surface area contributed by atoms with Gasteiger partial charge in [-0.1, -0.05) is 30.3 Å². The Balaban J connectivity index is 1.25. The summed E-state index contributed by atoms with van der Waals surface area (Å²) >= 11 is 0. The summed E-state index contributed by atoms with van der Waals surface area (Å²) in [4.78, 5) is 17.5. The van der Waals surface area contributed by atoms with Gasteiger partial charge in [-0.05, 0) is 54.6 Å². The lowest BCUT2D eigenvalue weighted by atomic mass is 9.88. The number of nitrogens with zero attached hydrogens (tertiary/aromatic N) is 4. The van der Waals surface area contributed by atoms with Crippen LogP contribution in [-0.4, -0.2) is 63.9 Å². The molecule has 2 fully saturated rings. The number of hydrogen-bond acceptors (Lipinski definition) is 5. The van der Waals surface area contributed by atoms with Crippen LogP contribution in [0.5, 0.6) is 11.5 Å². The molecule has 0 saturated carbocycles. The van der Waals surface area contributed by atoms with Crippen molar-refractivity contribution in [1.82, 2.24) is 19.6 Å². The fourth-order valence-corrected chi connectivity index (χ4v) is 4.93. The van der Waals surface area contributed by atoms with Crippen LogP contribution in [0.15, 0.2) is 60.8 Å². The standard InChI is InChI=1S/C25H28N4O3/c1-32-22-9-7-21(8-10-22)29-17-23(30)24(26-29)25(31)28-15-19-11-12-27(14-20(19)16-28)13-18-5-3-2-4-6-18/h2-10,17,19-20,30H,11-16H2,1H3. The van der Waals surface area contributed by atoms with Crippen molar-refractivity contribution in [2.24, 2.45) is 11.8 Å². The Morgan fingerprint density at radius 3 is 2.56 bits per heavy atom. The van der Waals surface area contributed by atoms with Gasteiger partial charge in [0.1, 0.15) is 5.75 Å². The van der Waals surface area contributed by atoms with Crippen LogP contribution in [-0.2, 0) is 6.54 Å². The van der Waals surface area contributed by atoms with Gasteiger partial charge in [-0.25, -0.2) is 4.68 Å². The molecule has 0 spiro atoms. The van der Waals surface area contributed by atoms with E-state index in [1.54, 1.807) is 7.11 Å². The average Bonchev–Trinajstić information content (AvgIpc) is 3.43. The average molecular weight is 433 g/mol. The third-order valence-electron chi connectivity index (χ3n) is 6.66. The predicted molar refractivity (Wildman–Crippen MR) is 121 cm³/mol. The molecule has 1 amide bonds. The third kappa shape index (κ3) is 4.08. The maximum Gasteiger partial charge on any atom is 0.278 e. The topological polar surface area (TPSA) is 70.8 Å². The highest BCUT2D eigenvalue weighted by Gasteiger charge is 2.40. The van der Waals surface area contributed by atoms with E-state index >= 15 is 0 Å². The highest BCUT2D eigenvalue weighted by molar-refractivity contribution is 5.95. The summed E-state index contributed by atoms with van der Waals surface area (Å²) in [7, 11) is 1.61. The lowest BCUT2D eigenvalue weighted by Gasteiger charge is -2.34. The van der Waals surface area contributed by atoms with Crippen molar-refractivity contribution in [2.45, 2.75) is 13.0 Å². The van der Waals surface area contributed by atoms with Crippen molar-refractivity contribution < 1.29 is 14.6 Å². The number of piperidine rings is 1. The number of fused-ring (bicyclic) bond motifs is 1. The minimum Gasteiger partial charge on any atom is -0.504 e. The summed E-state index contributed by atoms with van der Waals surface area (Å²) in [5.74, 6) is 1.42. The van der Waals surface area contributed by atoms with E-state index in [1.165, 1.54) is 16.4 Å². The van der Waals surface area contributed by atoms with Crippen LogP contribution >= 0.6 is 0 Å². The predicted octanol–water partition coefficient (Wildman–Crippen LogP) is 3.18. The molecule has 5 rings (SSSR count). The van der Waals surface area contributed by atoms with E-state index in [-0.39, 0.29) is 17.4 Å². The Morgan fingerprint density at radius 1 is 1.06 bits per heavy atom. The number of amides is 1. The molecule has 2 atom stereocenters. The van der Waals surface area contributed by atoms with E-state index in [1.807, 2.05) is 35.2 Å². The molecular weight excluding hydrogens is 404 g/mol. The lowest BCUT2D eigenvalue weighted by Crippen LogP contribution is -2.39. The number of hydrogen-bond donors (Lipinski definition) is 1. The molecule has 2 aromatic carbocycles. The smallest absolute Gasteiger partial charge is 0.278 e. The van der Waals surface area contributed by atoms with Gasteiger partial charge in [-0.15, -0.1) is 0 Å². The molecule has 32 heavy (non-hydrogen) atoms. The van der Waals surface area contributed by atoms with Crippen molar-refractivity contribution in [3.63, 3.8) is 0 Å². The van der Waals surface area contributed by atoms with Crippen LogP contribution in [0.4, 0.5) is 0 Å². The van der Waals surface area contributed by atoms with Crippen LogP contribution in [0.2, 0.25) is 0 Å². The highest BCUT2D eigenvalue weighted by Crippen LogP contribution is 2.33. The van der Waals surface area contributed by atoms with Crippen LogP contribution in [0, 0.1) is 11.8 Å². The molecule has 2 unspecified atom stereocenters. The summed E-state index contributed by atoms with van der Waals surface area (Å²) in [6, 6.07) is 17.9. The molecule has 2 aliphatic rings. The Bertz CT molecular complexity index is 1080. The van der Waals surface area contributed by atoms with E-state index in [4.69, 9.17) is 4.74 Å². The molecule has 2 saturated heterocycles. The molecule has 7 heteroatoms. The summed E-state index contributed by atoms with van der Waals surface area (Å²) in [6.45, 7) is 4.44. The number of aromatic nitrogens is 2. The van der Waals surface area contributed by atoms with Gasteiger partial charge in [-0.2, -0.15) is 5.10 Å². The van der Waals surface area contributed by atoms with Gasteiger partial charge < -0.3 is 14.7 Å². The fourth-order valence-electron chi connectivity index (χ4n) is 4.93. The molecule has 2 aliphatic heterocycles. The fraction of sp³-hybridized carbons (Fsp3) is 0.360. The van der Waals surface area contributed by atoms with Gasteiger partial charge in [0.2, 0.25) is 0 Å². The van der Waals surface area contributed by atoms with Crippen molar-refractivity contribution in [1.29, 1.82) is 0 Å². The van der Waals surface area contributed by atoms with Crippen LogP contribution in [0.25, 0.3) is 5.69 Å².